The topological polar surface area (TPSA) is 20.3 Å². The smallest absolute Gasteiger partial charge is 0.250 e. The van der Waals surface area contributed by atoms with Gasteiger partial charge in [0, 0.05) is 12.7 Å². The van der Waals surface area contributed by atoms with E-state index in [9.17, 15) is 9.18 Å². The summed E-state index contributed by atoms with van der Waals surface area (Å²) in [5.74, 6) is -0.431. The fourth-order valence-corrected chi connectivity index (χ4v) is 1.05. The summed E-state index contributed by atoms with van der Waals surface area (Å²) in [6.45, 7) is 1.77. The zero-order valence-corrected chi connectivity index (χ0v) is 8.20. The molecule has 0 aliphatic carbocycles. The highest BCUT2D eigenvalue weighted by Gasteiger charge is 2.06. The first-order chi connectivity index (χ1) is 6.65. The van der Waals surface area contributed by atoms with Gasteiger partial charge in [0.2, 0.25) is 5.91 Å². The maximum absolute atomic E-state index is 12.6. The van der Waals surface area contributed by atoms with Crippen LogP contribution >= 0.6 is 0 Å². The zero-order chi connectivity index (χ0) is 10.6. The van der Waals surface area contributed by atoms with Crippen LogP contribution in [-0.2, 0) is 4.79 Å². The molecule has 0 fully saturated rings. The fourth-order valence-electron chi connectivity index (χ4n) is 1.05. The zero-order valence-electron chi connectivity index (χ0n) is 8.20. The number of allylic oxidation sites excluding steroid dienone is 1. The number of benzene rings is 1. The van der Waals surface area contributed by atoms with E-state index in [4.69, 9.17) is 0 Å². The molecule has 14 heavy (non-hydrogen) atoms. The van der Waals surface area contributed by atoms with Gasteiger partial charge in [0.25, 0.3) is 0 Å². The van der Waals surface area contributed by atoms with Gasteiger partial charge in [0.15, 0.2) is 0 Å². The number of carbonyl (C=O) groups excluding carboxylic acids is 1. The molecule has 1 aromatic carbocycles. The minimum Gasteiger partial charge on any atom is -0.312 e. The molecule has 2 nitrogen and oxygen atoms in total. The molecule has 0 unspecified atom stereocenters. The molecule has 0 N–H and O–H groups in total. The Morgan fingerprint density at radius 1 is 1.36 bits per heavy atom. The Morgan fingerprint density at radius 3 is 2.43 bits per heavy atom. The van der Waals surface area contributed by atoms with Crippen molar-refractivity contribution in [2.24, 2.45) is 0 Å². The summed E-state index contributed by atoms with van der Waals surface area (Å²) in [4.78, 5) is 12.8. The van der Waals surface area contributed by atoms with Crippen molar-refractivity contribution >= 4 is 11.6 Å². The van der Waals surface area contributed by atoms with Crippen molar-refractivity contribution in [2.75, 3.05) is 11.9 Å². The summed E-state index contributed by atoms with van der Waals surface area (Å²) in [7, 11) is 1.65. The maximum atomic E-state index is 12.6. The van der Waals surface area contributed by atoms with Crippen LogP contribution in [0.2, 0.25) is 0 Å². The van der Waals surface area contributed by atoms with Gasteiger partial charge in [-0.3, -0.25) is 4.79 Å². The van der Waals surface area contributed by atoms with Crippen molar-refractivity contribution in [1.29, 1.82) is 0 Å². The van der Waals surface area contributed by atoms with Gasteiger partial charge in [-0.1, -0.05) is 6.08 Å². The van der Waals surface area contributed by atoms with Gasteiger partial charge in [-0.15, -0.1) is 0 Å². The van der Waals surface area contributed by atoms with Crippen LogP contribution in [0.25, 0.3) is 0 Å². The summed E-state index contributed by atoms with van der Waals surface area (Å²) < 4.78 is 12.6. The van der Waals surface area contributed by atoms with Crippen LogP contribution in [0.5, 0.6) is 0 Å². The molecule has 0 aliphatic heterocycles. The van der Waals surface area contributed by atoms with Crippen LogP contribution in [-0.4, -0.2) is 13.0 Å². The number of halogens is 1. The minimum absolute atomic E-state index is 0.126. The predicted molar refractivity (Wildman–Crippen MR) is 54.6 cm³/mol. The van der Waals surface area contributed by atoms with Crippen molar-refractivity contribution in [2.45, 2.75) is 6.92 Å². The van der Waals surface area contributed by atoms with Gasteiger partial charge < -0.3 is 4.90 Å². The molecule has 0 spiro atoms. The van der Waals surface area contributed by atoms with E-state index in [1.807, 2.05) is 0 Å². The standard InChI is InChI=1S/C11H12FNO/c1-3-4-11(14)13(2)10-7-5-9(12)6-8-10/h3-8H,1-2H3. The average molecular weight is 193 g/mol. The Labute approximate surface area is 82.7 Å². The Bertz CT molecular complexity index is 343. The van der Waals surface area contributed by atoms with Crippen LogP contribution in [0.1, 0.15) is 6.92 Å². The molecular formula is C11H12FNO. The molecule has 0 atom stereocenters. The highest BCUT2D eigenvalue weighted by molar-refractivity contribution is 6.00. The normalized spacial score (nSPS) is 10.5. The predicted octanol–water partition coefficient (Wildman–Crippen LogP) is 2.36. The second-order valence-corrected chi connectivity index (χ2v) is 2.87. The third-order valence-electron chi connectivity index (χ3n) is 1.85. The molecule has 0 aliphatic rings. The second kappa shape index (κ2) is 4.56. The number of carbonyl (C=O) groups is 1. The highest BCUT2D eigenvalue weighted by Crippen LogP contribution is 2.13. The van der Waals surface area contributed by atoms with E-state index in [1.165, 1.54) is 23.1 Å². The molecule has 1 rings (SSSR count). The summed E-state index contributed by atoms with van der Waals surface area (Å²) in [6, 6.07) is 5.79. The monoisotopic (exact) mass is 193 g/mol. The molecule has 0 radical (unpaired) electrons. The summed E-state index contributed by atoms with van der Waals surface area (Å²) in [6.07, 6.45) is 3.13. The van der Waals surface area contributed by atoms with Crippen molar-refractivity contribution in [3.05, 3.63) is 42.2 Å². The molecule has 0 saturated carbocycles. The van der Waals surface area contributed by atoms with E-state index >= 15 is 0 Å². The number of amides is 1. The molecule has 1 aromatic rings. The fraction of sp³-hybridized carbons (Fsp3) is 0.182. The van der Waals surface area contributed by atoms with Crippen molar-refractivity contribution in [3.63, 3.8) is 0 Å². The van der Waals surface area contributed by atoms with E-state index in [0.29, 0.717) is 5.69 Å². The van der Waals surface area contributed by atoms with Gasteiger partial charge >= 0.3 is 0 Å². The first-order valence-corrected chi connectivity index (χ1v) is 4.31. The van der Waals surface area contributed by atoms with E-state index in [0.717, 1.165) is 0 Å². The van der Waals surface area contributed by atoms with Crippen molar-refractivity contribution in [1.82, 2.24) is 0 Å². The van der Waals surface area contributed by atoms with Crippen LogP contribution in [0, 0.1) is 5.82 Å². The maximum Gasteiger partial charge on any atom is 0.250 e. The second-order valence-electron chi connectivity index (χ2n) is 2.87. The molecule has 74 valence electrons. The number of rotatable bonds is 2. The summed E-state index contributed by atoms with van der Waals surface area (Å²) >= 11 is 0. The number of nitrogens with zero attached hydrogens (tertiary/aromatic N) is 1. The third-order valence-corrected chi connectivity index (χ3v) is 1.85. The van der Waals surface area contributed by atoms with Gasteiger partial charge in [0.05, 0.1) is 0 Å². The van der Waals surface area contributed by atoms with Crippen molar-refractivity contribution in [3.8, 4) is 0 Å². The van der Waals surface area contributed by atoms with Gasteiger partial charge in [-0.05, 0) is 37.3 Å². The number of hydrogen-bond donors (Lipinski definition) is 0. The lowest BCUT2D eigenvalue weighted by Crippen LogP contribution is -2.23. The van der Waals surface area contributed by atoms with Crippen molar-refractivity contribution < 1.29 is 9.18 Å². The molecule has 0 heterocycles. The Balaban J connectivity index is 2.84. The Morgan fingerprint density at radius 2 is 1.93 bits per heavy atom. The van der Waals surface area contributed by atoms with Gasteiger partial charge in [0.1, 0.15) is 5.82 Å². The molecule has 3 heteroatoms. The minimum atomic E-state index is -0.305. The average Bonchev–Trinajstić information content (AvgIpc) is 2.18. The summed E-state index contributed by atoms with van der Waals surface area (Å²) in [5.41, 5.74) is 0.675. The molecular weight excluding hydrogens is 181 g/mol. The van der Waals surface area contributed by atoms with E-state index in [1.54, 1.807) is 32.2 Å². The van der Waals surface area contributed by atoms with Gasteiger partial charge in [-0.25, -0.2) is 4.39 Å². The quantitative estimate of drug-likeness (QED) is 0.660. The lowest BCUT2D eigenvalue weighted by atomic mass is 10.3. The highest BCUT2D eigenvalue weighted by atomic mass is 19.1. The van der Waals surface area contributed by atoms with Gasteiger partial charge in [-0.2, -0.15) is 0 Å². The van der Waals surface area contributed by atoms with Crippen LogP contribution in [0.3, 0.4) is 0 Å². The van der Waals surface area contributed by atoms with E-state index in [-0.39, 0.29) is 11.7 Å². The molecule has 0 aromatic heterocycles. The van der Waals surface area contributed by atoms with E-state index < -0.39 is 0 Å². The lowest BCUT2D eigenvalue weighted by Gasteiger charge is -2.14. The largest absolute Gasteiger partial charge is 0.312 e. The van der Waals surface area contributed by atoms with Crippen LogP contribution in [0.4, 0.5) is 10.1 Å². The molecule has 1 amide bonds. The number of anilines is 1. The first kappa shape index (κ1) is 10.4. The summed E-state index contributed by atoms with van der Waals surface area (Å²) in [5, 5.41) is 0. The van der Waals surface area contributed by atoms with Crippen LogP contribution in [0.15, 0.2) is 36.4 Å². The first-order valence-electron chi connectivity index (χ1n) is 4.31. The Kier molecular flexibility index (Phi) is 3.40. The number of likely N-dealkylation sites (N-methyl/N-ethyl adjacent to an activating group) is 1. The van der Waals surface area contributed by atoms with Crippen LogP contribution < -0.4 is 4.90 Å². The third kappa shape index (κ3) is 2.42. The molecule has 0 bridgehead atoms. The van der Waals surface area contributed by atoms with E-state index in [2.05, 4.69) is 0 Å². The molecule has 0 saturated heterocycles. The Hall–Kier alpha value is -1.64. The SMILES string of the molecule is CC=CC(=O)N(C)c1ccc(F)cc1. The number of hydrogen-bond acceptors (Lipinski definition) is 1. The lowest BCUT2D eigenvalue weighted by molar-refractivity contribution is -0.113.